The average molecular weight is 301 g/mol. The largest absolute Gasteiger partial charge is 0.478 e. The van der Waals surface area contributed by atoms with Crippen LogP contribution in [-0.4, -0.2) is 23.0 Å². The summed E-state index contributed by atoms with van der Waals surface area (Å²) in [5.74, 6) is -1.49. The number of nitrogens with two attached hydrogens (primary N) is 1. The lowest BCUT2D eigenvalue weighted by Gasteiger charge is -2.12. The predicted molar refractivity (Wildman–Crippen MR) is 68.0 cm³/mol. The van der Waals surface area contributed by atoms with Crippen molar-refractivity contribution in [3.8, 4) is 0 Å². The van der Waals surface area contributed by atoms with Crippen LogP contribution in [0.15, 0.2) is 22.7 Å². The molecule has 0 aliphatic heterocycles. The molecule has 0 saturated carbocycles. The van der Waals surface area contributed by atoms with Crippen LogP contribution in [0.5, 0.6) is 0 Å². The summed E-state index contributed by atoms with van der Waals surface area (Å²) in [6.07, 6.45) is 0.488. The van der Waals surface area contributed by atoms with Gasteiger partial charge in [0.05, 0.1) is 17.3 Å². The predicted octanol–water partition coefficient (Wildman–Crippen LogP) is 1.82. The molecule has 1 aromatic carbocycles. The Morgan fingerprint density at radius 2 is 2.18 bits per heavy atom. The number of anilines is 1. The zero-order chi connectivity index (χ0) is 13.0. The van der Waals surface area contributed by atoms with E-state index in [4.69, 9.17) is 10.8 Å². The van der Waals surface area contributed by atoms with Crippen molar-refractivity contribution >= 4 is 33.5 Å². The molecule has 0 spiro atoms. The molecule has 0 bridgehead atoms. The number of carboxylic acid groups (broad SMARTS) is 1. The summed E-state index contributed by atoms with van der Waals surface area (Å²) in [7, 11) is 0. The normalized spacial score (nSPS) is 11.9. The fourth-order valence-corrected chi connectivity index (χ4v) is 1.58. The minimum atomic E-state index is -1.10. The molecule has 0 aromatic heterocycles. The lowest BCUT2D eigenvalue weighted by atomic mass is 10.1. The van der Waals surface area contributed by atoms with E-state index in [1.54, 1.807) is 13.0 Å². The summed E-state index contributed by atoms with van der Waals surface area (Å²) in [4.78, 5) is 22.5. The van der Waals surface area contributed by atoms with Gasteiger partial charge in [-0.25, -0.2) is 4.79 Å². The van der Waals surface area contributed by atoms with Gasteiger partial charge in [0, 0.05) is 4.47 Å². The Balaban J connectivity index is 3.00. The van der Waals surface area contributed by atoms with E-state index in [-0.39, 0.29) is 11.3 Å². The number of carbonyl (C=O) groups is 2. The number of aromatic carboxylic acids is 1. The second-order valence-corrected chi connectivity index (χ2v) is 4.41. The number of rotatable bonds is 4. The number of hydrogen-bond donors (Lipinski definition) is 3. The molecule has 0 radical (unpaired) electrons. The quantitative estimate of drug-likeness (QED) is 0.791. The Kier molecular flexibility index (Phi) is 4.65. The fourth-order valence-electron chi connectivity index (χ4n) is 1.22. The zero-order valence-electron chi connectivity index (χ0n) is 9.24. The molecule has 6 heteroatoms. The van der Waals surface area contributed by atoms with E-state index < -0.39 is 17.9 Å². The monoisotopic (exact) mass is 300 g/mol. The number of amides is 1. The van der Waals surface area contributed by atoms with Gasteiger partial charge in [0.2, 0.25) is 5.91 Å². The number of carbonyl (C=O) groups excluding carboxylic acids is 1. The summed E-state index contributed by atoms with van der Waals surface area (Å²) in [5.41, 5.74) is 5.83. The summed E-state index contributed by atoms with van der Waals surface area (Å²) in [6, 6.07) is 3.90. The minimum Gasteiger partial charge on any atom is -0.478 e. The summed E-state index contributed by atoms with van der Waals surface area (Å²) < 4.78 is 0.683. The molecular weight excluding hydrogens is 288 g/mol. The highest BCUT2D eigenvalue weighted by molar-refractivity contribution is 9.10. The lowest BCUT2D eigenvalue weighted by molar-refractivity contribution is -0.117. The smallest absolute Gasteiger partial charge is 0.337 e. The number of benzene rings is 1. The van der Waals surface area contributed by atoms with Crippen molar-refractivity contribution < 1.29 is 14.7 Å². The molecule has 0 heterocycles. The van der Waals surface area contributed by atoms with Crippen molar-refractivity contribution in [2.75, 3.05) is 5.32 Å². The Hall–Kier alpha value is -1.40. The molecule has 0 saturated heterocycles. The van der Waals surface area contributed by atoms with Gasteiger partial charge in [-0.1, -0.05) is 22.9 Å². The van der Waals surface area contributed by atoms with Crippen LogP contribution in [0, 0.1) is 0 Å². The zero-order valence-corrected chi connectivity index (χ0v) is 10.8. The van der Waals surface area contributed by atoms with Crippen molar-refractivity contribution in [2.45, 2.75) is 19.4 Å². The SMILES string of the molecule is CC[C@@H](N)C(=O)Nc1cc(Br)ccc1C(=O)O. The third-order valence-corrected chi connectivity index (χ3v) is 2.74. The first-order valence-electron chi connectivity index (χ1n) is 5.05. The van der Waals surface area contributed by atoms with E-state index in [1.807, 2.05) is 0 Å². The van der Waals surface area contributed by atoms with E-state index >= 15 is 0 Å². The van der Waals surface area contributed by atoms with Gasteiger partial charge in [0.1, 0.15) is 0 Å². The fraction of sp³-hybridized carbons (Fsp3) is 0.273. The van der Waals surface area contributed by atoms with Crippen LogP contribution in [0.2, 0.25) is 0 Å². The molecule has 1 amide bonds. The van der Waals surface area contributed by atoms with Crippen LogP contribution in [0.25, 0.3) is 0 Å². The first kappa shape index (κ1) is 13.7. The van der Waals surface area contributed by atoms with E-state index in [0.29, 0.717) is 10.9 Å². The summed E-state index contributed by atoms with van der Waals surface area (Å²) >= 11 is 3.21. The molecule has 4 N–H and O–H groups in total. The van der Waals surface area contributed by atoms with Gasteiger partial charge in [-0.15, -0.1) is 0 Å². The molecule has 0 aliphatic rings. The van der Waals surface area contributed by atoms with E-state index in [0.717, 1.165) is 0 Å². The average Bonchev–Trinajstić information content (AvgIpc) is 2.27. The Morgan fingerprint density at radius 3 is 2.71 bits per heavy atom. The minimum absolute atomic E-state index is 0.0323. The van der Waals surface area contributed by atoms with Crippen LogP contribution < -0.4 is 11.1 Å². The third-order valence-electron chi connectivity index (χ3n) is 2.25. The molecule has 92 valence electrons. The van der Waals surface area contributed by atoms with Crippen LogP contribution in [0.1, 0.15) is 23.7 Å². The molecule has 1 aromatic rings. The molecule has 5 nitrogen and oxygen atoms in total. The van der Waals surface area contributed by atoms with Crippen LogP contribution >= 0.6 is 15.9 Å². The van der Waals surface area contributed by atoms with Gasteiger partial charge >= 0.3 is 5.97 Å². The van der Waals surface area contributed by atoms with E-state index in [2.05, 4.69) is 21.2 Å². The summed E-state index contributed by atoms with van der Waals surface area (Å²) in [6.45, 7) is 1.78. The highest BCUT2D eigenvalue weighted by Gasteiger charge is 2.16. The number of hydrogen-bond acceptors (Lipinski definition) is 3. The molecule has 0 aliphatic carbocycles. The molecular formula is C11H13BrN2O3. The van der Waals surface area contributed by atoms with Gasteiger partial charge in [0.25, 0.3) is 0 Å². The van der Waals surface area contributed by atoms with Crippen molar-refractivity contribution in [3.63, 3.8) is 0 Å². The van der Waals surface area contributed by atoms with Gasteiger partial charge in [-0.2, -0.15) is 0 Å². The van der Waals surface area contributed by atoms with E-state index in [1.165, 1.54) is 12.1 Å². The maximum atomic E-state index is 11.6. The third kappa shape index (κ3) is 3.54. The van der Waals surface area contributed by atoms with Gasteiger partial charge in [-0.3, -0.25) is 4.79 Å². The maximum absolute atomic E-state index is 11.6. The van der Waals surface area contributed by atoms with Crippen LogP contribution in [0.3, 0.4) is 0 Å². The molecule has 0 unspecified atom stereocenters. The first-order chi connectivity index (χ1) is 7.95. The number of nitrogens with one attached hydrogen (secondary N) is 1. The Labute approximate surface area is 107 Å². The van der Waals surface area contributed by atoms with Crippen LogP contribution in [0.4, 0.5) is 5.69 Å². The van der Waals surface area contributed by atoms with Crippen molar-refractivity contribution in [1.82, 2.24) is 0 Å². The Morgan fingerprint density at radius 1 is 1.53 bits per heavy atom. The van der Waals surface area contributed by atoms with Crippen molar-refractivity contribution in [3.05, 3.63) is 28.2 Å². The standard InChI is InChI=1S/C11H13BrN2O3/c1-2-8(13)10(15)14-9-5-6(12)3-4-7(9)11(16)17/h3-5,8H,2,13H2,1H3,(H,14,15)(H,16,17)/t8-/m1/s1. The van der Waals surface area contributed by atoms with Crippen molar-refractivity contribution in [2.24, 2.45) is 5.73 Å². The number of carboxylic acids is 1. The maximum Gasteiger partial charge on any atom is 0.337 e. The summed E-state index contributed by atoms with van der Waals surface area (Å²) in [5, 5.41) is 11.5. The second kappa shape index (κ2) is 5.79. The number of halogens is 1. The van der Waals surface area contributed by atoms with Crippen molar-refractivity contribution in [1.29, 1.82) is 0 Å². The molecule has 17 heavy (non-hydrogen) atoms. The van der Waals surface area contributed by atoms with E-state index in [9.17, 15) is 9.59 Å². The lowest BCUT2D eigenvalue weighted by Crippen LogP contribution is -2.35. The topological polar surface area (TPSA) is 92.4 Å². The molecule has 1 rings (SSSR count). The highest BCUT2D eigenvalue weighted by atomic mass is 79.9. The molecule has 1 atom stereocenters. The van der Waals surface area contributed by atoms with Gasteiger partial charge < -0.3 is 16.2 Å². The first-order valence-corrected chi connectivity index (χ1v) is 5.84. The molecule has 0 fully saturated rings. The van der Waals surface area contributed by atoms with Crippen LogP contribution in [-0.2, 0) is 4.79 Å². The van der Waals surface area contributed by atoms with Gasteiger partial charge in [-0.05, 0) is 24.6 Å². The highest BCUT2D eigenvalue weighted by Crippen LogP contribution is 2.21. The van der Waals surface area contributed by atoms with Gasteiger partial charge in [0.15, 0.2) is 0 Å². The Bertz CT molecular complexity index is 448. The second-order valence-electron chi connectivity index (χ2n) is 3.50.